The normalized spacial score (nSPS) is 12.3. The minimum absolute atomic E-state index is 0.0502. The second-order valence-electron chi connectivity index (χ2n) is 7.58. The van der Waals surface area contributed by atoms with Gasteiger partial charge in [0, 0.05) is 37.8 Å². The van der Waals surface area contributed by atoms with Gasteiger partial charge in [-0.05, 0) is 37.1 Å². The van der Waals surface area contributed by atoms with Gasteiger partial charge in [0.15, 0.2) is 0 Å². The predicted octanol–water partition coefficient (Wildman–Crippen LogP) is 3.47. The Morgan fingerprint density at radius 2 is 1.59 bits per heavy atom. The number of nitrogens with zero attached hydrogens (tertiary/aromatic N) is 2. The summed E-state index contributed by atoms with van der Waals surface area (Å²) in [5.74, 6) is 0.311. The molecule has 1 amide bonds. The number of carbonyl (C=O) groups is 1. The van der Waals surface area contributed by atoms with E-state index < -0.39 is 0 Å². The van der Waals surface area contributed by atoms with Crippen molar-refractivity contribution in [3.63, 3.8) is 0 Å². The van der Waals surface area contributed by atoms with Gasteiger partial charge in [-0.25, -0.2) is 4.79 Å². The van der Waals surface area contributed by atoms with E-state index in [4.69, 9.17) is 0 Å². The molecule has 3 rings (SSSR count). The van der Waals surface area contributed by atoms with Crippen molar-refractivity contribution < 1.29 is 4.79 Å². The van der Waals surface area contributed by atoms with Crippen LogP contribution in [0.4, 0.5) is 5.69 Å². The Balaban J connectivity index is 1.60. The number of aromatic nitrogens is 2. The zero-order valence-electron chi connectivity index (χ0n) is 17.4. The highest BCUT2D eigenvalue weighted by atomic mass is 16.2. The highest BCUT2D eigenvalue weighted by Gasteiger charge is 2.16. The molecule has 3 aromatic rings. The largest absolute Gasteiger partial charge is 0.380 e. The topological polar surface area (TPSA) is 68.1 Å². The van der Waals surface area contributed by atoms with Crippen molar-refractivity contribution in [3.8, 4) is 0 Å². The highest BCUT2D eigenvalue weighted by molar-refractivity contribution is 5.78. The fourth-order valence-electron chi connectivity index (χ4n) is 3.52. The van der Waals surface area contributed by atoms with Crippen LogP contribution in [0, 0.1) is 5.92 Å². The van der Waals surface area contributed by atoms with E-state index in [1.165, 1.54) is 0 Å². The van der Waals surface area contributed by atoms with Crippen LogP contribution >= 0.6 is 0 Å². The number of amides is 1. The summed E-state index contributed by atoms with van der Waals surface area (Å²) in [6.45, 7) is 7.74. The minimum Gasteiger partial charge on any atom is -0.380 e. The van der Waals surface area contributed by atoms with Crippen LogP contribution in [0.3, 0.4) is 0 Å². The van der Waals surface area contributed by atoms with Crippen molar-refractivity contribution >= 4 is 22.6 Å². The molecule has 0 aliphatic carbocycles. The molecule has 6 heteroatoms. The first kappa shape index (κ1) is 20.7. The maximum Gasteiger partial charge on any atom is 0.329 e. The molecule has 2 aromatic carbocycles. The molecule has 0 aliphatic rings. The number of rotatable bonds is 9. The third-order valence-corrected chi connectivity index (χ3v) is 5.25. The lowest BCUT2D eigenvalue weighted by Gasteiger charge is -2.24. The predicted molar refractivity (Wildman–Crippen MR) is 118 cm³/mol. The van der Waals surface area contributed by atoms with Gasteiger partial charge in [0.2, 0.25) is 5.91 Å². The van der Waals surface area contributed by atoms with Crippen molar-refractivity contribution in [3.05, 3.63) is 65.1 Å². The summed E-state index contributed by atoms with van der Waals surface area (Å²) in [5, 5.41) is 6.50. The maximum absolute atomic E-state index is 12.7. The number of hydrogen-bond donors (Lipinski definition) is 2. The van der Waals surface area contributed by atoms with E-state index in [0.717, 1.165) is 16.7 Å². The van der Waals surface area contributed by atoms with Gasteiger partial charge in [0.1, 0.15) is 0 Å². The fourth-order valence-corrected chi connectivity index (χ4v) is 3.52. The van der Waals surface area contributed by atoms with Crippen LogP contribution in [0.15, 0.2) is 59.4 Å². The number of benzene rings is 2. The standard InChI is InChI=1S/C23H30N4O2/c1-4-26-20-12-8-9-13-21(20)27(23(26)29)15-14-22(28)24-16-19(17(2)3)25-18-10-6-5-7-11-18/h5-13,17,19,25H,4,14-16H2,1-3H3,(H,24,28). The SMILES string of the molecule is CCn1c(=O)n(CCC(=O)NCC(Nc2ccccc2)C(C)C)c2ccccc21. The van der Waals surface area contributed by atoms with Gasteiger partial charge in [-0.3, -0.25) is 13.9 Å². The van der Waals surface area contributed by atoms with E-state index in [1.54, 1.807) is 9.13 Å². The summed E-state index contributed by atoms with van der Waals surface area (Å²) < 4.78 is 3.44. The van der Waals surface area contributed by atoms with Crippen molar-refractivity contribution in [1.29, 1.82) is 0 Å². The molecule has 0 fully saturated rings. The lowest BCUT2D eigenvalue weighted by molar-refractivity contribution is -0.121. The van der Waals surface area contributed by atoms with Gasteiger partial charge in [0.05, 0.1) is 11.0 Å². The summed E-state index contributed by atoms with van der Waals surface area (Å²) >= 11 is 0. The Kier molecular flexibility index (Phi) is 6.75. The maximum atomic E-state index is 12.7. The second kappa shape index (κ2) is 9.45. The zero-order valence-corrected chi connectivity index (χ0v) is 17.4. The second-order valence-corrected chi connectivity index (χ2v) is 7.58. The van der Waals surface area contributed by atoms with Gasteiger partial charge in [0.25, 0.3) is 0 Å². The number of para-hydroxylation sites is 3. The molecule has 0 spiro atoms. The van der Waals surface area contributed by atoms with Gasteiger partial charge < -0.3 is 10.6 Å². The number of hydrogen-bond acceptors (Lipinski definition) is 3. The third kappa shape index (κ3) is 4.88. The van der Waals surface area contributed by atoms with Gasteiger partial charge >= 0.3 is 5.69 Å². The number of aryl methyl sites for hydroxylation is 2. The van der Waals surface area contributed by atoms with Gasteiger partial charge in [-0.15, -0.1) is 0 Å². The van der Waals surface area contributed by atoms with E-state index in [1.807, 2.05) is 61.5 Å². The van der Waals surface area contributed by atoms with Crippen LogP contribution in [0.1, 0.15) is 27.2 Å². The van der Waals surface area contributed by atoms with Crippen LogP contribution < -0.4 is 16.3 Å². The van der Waals surface area contributed by atoms with E-state index in [0.29, 0.717) is 25.6 Å². The Labute approximate surface area is 171 Å². The number of carbonyl (C=O) groups excluding carboxylic acids is 1. The Bertz CT molecular complexity index is 1000. The molecule has 0 aliphatic heterocycles. The van der Waals surface area contributed by atoms with E-state index in [9.17, 15) is 9.59 Å². The molecular formula is C23H30N4O2. The summed E-state index contributed by atoms with van der Waals surface area (Å²) in [4.78, 5) is 25.1. The van der Waals surface area contributed by atoms with Crippen LogP contribution in [0.2, 0.25) is 0 Å². The lowest BCUT2D eigenvalue weighted by Crippen LogP contribution is -2.40. The number of imidazole rings is 1. The summed E-state index contributed by atoms with van der Waals surface area (Å²) in [7, 11) is 0. The fraction of sp³-hybridized carbons (Fsp3) is 0.391. The molecule has 1 aromatic heterocycles. The molecule has 1 atom stereocenters. The van der Waals surface area contributed by atoms with Crippen molar-refractivity contribution in [1.82, 2.24) is 14.5 Å². The quantitative estimate of drug-likeness (QED) is 0.584. The lowest BCUT2D eigenvalue weighted by atomic mass is 10.0. The first-order valence-corrected chi connectivity index (χ1v) is 10.3. The number of nitrogens with one attached hydrogen (secondary N) is 2. The smallest absolute Gasteiger partial charge is 0.329 e. The molecule has 29 heavy (non-hydrogen) atoms. The van der Waals surface area contributed by atoms with E-state index in [2.05, 4.69) is 24.5 Å². The summed E-state index contributed by atoms with van der Waals surface area (Å²) in [6, 6.07) is 17.8. The highest BCUT2D eigenvalue weighted by Crippen LogP contribution is 2.14. The molecule has 0 radical (unpaired) electrons. The minimum atomic E-state index is -0.0627. The van der Waals surface area contributed by atoms with E-state index in [-0.39, 0.29) is 24.1 Å². The number of fused-ring (bicyclic) bond motifs is 1. The summed E-state index contributed by atoms with van der Waals surface area (Å²) in [5.41, 5.74) is 2.76. The van der Waals surface area contributed by atoms with Crippen LogP contribution in [-0.2, 0) is 17.9 Å². The Hall–Kier alpha value is -3.02. The van der Waals surface area contributed by atoms with Gasteiger partial charge in [-0.2, -0.15) is 0 Å². The molecule has 6 nitrogen and oxygen atoms in total. The average Bonchev–Trinajstić information content (AvgIpc) is 3.00. The molecule has 154 valence electrons. The Morgan fingerprint density at radius 3 is 2.21 bits per heavy atom. The molecule has 1 unspecified atom stereocenters. The van der Waals surface area contributed by atoms with Crippen LogP contribution in [0.25, 0.3) is 11.0 Å². The van der Waals surface area contributed by atoms with Crippen LogP contribution in [0.5, 0.6) is 0 Å². The van der Waals surface area contributed by atoms with Crippen LogP contribution in [-0.4, -0.2) is 27.6 Å². The summed E-state index contributed by atoms with van der Waals surface area (Å²) in [6.07, 6.45) is 0.272. The molecule has 0 saturated heterocycles. The zero-order chi connectivity index (χ0) is 20.8. The molecule has 2 N–H and O–H groups in total. The molecular weight excluding hydrogens is 364 g/mol. The third-order valence-electron chi connectivity index (χ3n) is 5.25. The van der Waals surface area contributed by atoms with E-state index >= 15 is 0 Å². The van der Waals surface area contributed by atoms with Crippen molar-refractivity contribution in [2.24, 2.45) is 5.92 Å². The molecule has 0 bridgehead atoms. The molecule has 0 saturated carbocycles. The molecule has 1 heterocycles. The first-order chi connectivity index (χ1) is 14.0. The van der Waals surface area contributed by atoms with Gasteiger partial charge in [-0.1, -0.05) is 44.2 Å². The average molecular weight is 395 g/mol. The Morgan fingerprint density at radius 1 is 0.966 bits per heavy atom. The first-order valence-electron chi connectivity index (χ1n) is 10.3. The monoisotopic (exact) mass is 394 g/mol. The number of anilines is 1. The van der Waals surface area contributed by atoms with Crippen molar-refractivity contribution in [2.45, 2.75) is 46.3 Å². The van der Waals surface area contributed by atoms with Crippen molar-refractivity contribution in [2.75, 3.05) is 11.9 Å².